The number of aliphatic hydroxyl groups is 1. The maximum absolute atomic E-state index is 9.89. The van der Waals surface area contributed by atoms with Crippen molar-refractivity contribution < 1.29 is 9.84 Å². The topological polar surface area (TPSA) is 58.7 Å². The Kier molecular flexibility index (Phi) is 7.04. The number of hydrogen-bond acceptors (Lipinski definition) is 4. The minimum atomic E-state index is -0.370. The summed E-state index contributed by atoms with van der Waals surface area (Å²) in [4.78, 5) is 2.32. The van der Waals surface area contributed by atoms with Crippen molar-refractivity contribution in [2.75, 3.05) is 32.8 Å². The average Bonchev–Trinajstić information content (AvgIpc) is 2.66. The Bertz CT molecular complexity index is 202. The number of rotatable bonds is 8. The Balaban J connectivity index is 2.15. The zero-order chi connectivity index (χ0) is 12.7. The third-order valence-corrected chi connectivity index (χ3v) is 3.52. The lowest BCUT2D eigenvalue weighted by atomic mass is 10.1. The minimum Gasteiger partial charge on any atom is -0.389 e. The fraction of sp³-hybridized carbons (Fsp3) is 1.00. The molecule has 17 heavy (non-hydrogen) atoms. The van der Waals surface area contributed by atoms with Crippen molar-refractivity contribution in [3.05, 3.63) is 0 Å². The highest BCUT2D eigenvalue weighted by Gasteiger charge is 2.29. The lowest BCUT2D eigenvalue weighted by molar-refractivity contribution is 0.0143. The molecule has 0 aromatic rings. The van der Waals surface area contributed by atoms with Crippen LogP contribution in [0.5, 0.6) is 0 Å². The van der Waals surface area contributed by atoms with Gasteiger partial charge in [-0.3, -0.25) is 4.90 Å². The molecule has 0 aromatic carbocycles. The zero-order valence-corrected chi connectivity index (χ0v) is 11.3. The van der Waals surface area contributed by atoms with E-state index in [1.807, 2.05) is 0 Å². The van der Waals surface area contributed by atoms with E-state index in [2.05, 4.69) is 18.7 Å². The van der Waals surface area contributed by atoms with E-state index in [-0.39, 0.29) is 6.10 Å². The molecule has 0 amide bonds. The highest BCUT2D eigenvalue weighted by atomic mass is 16.5. The van der Waals surface area contributed by atoms with Crippen molar-refractivity contribution >= 4 is 0 Å². The molecule has 3 unspecified atom stereocenters. The van der Waals surface area contributed by atoms with Gasteiger partial charge in [0.05, 0.1) is 12.7 Å². The van der Waals surface area contributed by atoms with Crippen molar-refractivity contribution in [2.45, 2.75) is 45.3 Å². The maximum atomic E-state index is 9.89. The molecule has 1 aliphatic heterocycles. The quantitative estimate of drug-likeness (QED) is 0.621. The van der Waals surface area contributed by atoms with Gasteiger partial charge in [0, 0.05) is 25.7 Å². The molecule has 0 saturated carbocycles. The Morgan fingerprint density at radius 1 is 1.53 bits per heavy atom. The molecule has 1 fully saturated rings. The standard InChI is InChI=1S/C13H28N2O2/c1-3-4-5-17-10-13(16)9-15-8-12(7-14)6-11(15)2/h11-13,16H,3-10,14H2,1-2H3. The first-order valence-electron chi connectivity index (χ1n) is 6.87. The predicted octanol–water partition coefficient (Wildman–Crippen LogP) is 0.833. The number of hydrogen-bond donors (Lipinski definition) is 2. The summed E-state index contributed by atoms with van der Waals surface area (Å²) in [6.45, 7) is 8.04. The summed E-state index contributed by atoms with van der Waals surface area (Å²) in [5.74, 6) is 0.596. The van der Waals surface area contributed by atoms with E-state index in [0.717, 1.165) is 39.0 Å². The van der Waals surface area contributed by atoms with Crippen LogP contribution in [0.1, 0.15) is 33.1 Å². The van der Waals surface area contributed by atoms with E-state index < -0.39 is 0 Å². The van der Waals surface area contributed by atoms with E-state index in [0.29, 0.717) is 25.1 Å². The second-order valence-electron chi connectivity index (χ2n) is 5.22. The fourth-order valence-corrected chi connectivity index (χ4v) is 2.43. The van der Waals surface area contributed by atoms with Gasteiger partial charge in [0.15, 0.2) is 0 Å². The van der Waals surface area contributed by atoms with Crippen LogP contribution in [0.2, 0.25) is 0 Å². The SMILES string of the molecule is CCCCOCC(O)CN1CC(CN)CC1C. The Hall–Kier alpha value is -0.160. The van der Waals surface area contributed by atoms with Gasteiger partial charge in [-0.25, -0.2) is 0 Å². The third-order valence-electron chi connectivity index (χ3n) is 3.52. The second kappa shape index (κ2) is 8.03. The van der Waals surface area contributed by atoms with Crippen molar-refractivity contribution in [1.82, 2.24) is 4.90 Å². The largest absolute Gasteiger partial charge is 0.389 e. The molecule has 3 atom stereocenters. The lowest BCUT2D eigenvalue weighted by Gasteiger charge is -2.24. The summed E-state index contributed by atoms with van der Waals surface area (Å²) >= 11 is 0. The molecule has 0 aliphatic carbocycles. The molecule has 1 aliphatic rings. The number of nitrogens with zero attached hydrogens (tertiary/aromatic N) is 1. The molecule has 4 heteroatoms. The lowest BCUT2D eigenvalue weighted by Crippen LogP contribution is -2.37. The van der Waals surface area contributed by atoms with Gasteiger partial charge in [-0.05, 0) is 32.2 Å². The Morgan fingerprint density at radius 3 is 2.88 bits per heavy atom. The van der Waals surface area contributed by atoms with Gasteiger partial charge < -0.3 is 15.6 Å². The highest BCUT2D eigenvalue weighted by molar-refractivity contribution is 4.84. The fourth-order valence-electron chi connectivity index (χ4n) is 2.43. The predicted molar refractivity (Wildman–Crippen MR) is 69.9 cm³/mol. The Morgan fingerprint density at radius 2 is 2.29 bits per heavy atom. The first-order valence-corrected chi connectivity index (χ1v) is 6.87. The highest BCUT2D eigenvalue weighted by Crippen LogP contribution is 2.21. The van der Waals surface area contributed by atoms with Crippen molar-refractivity contribution in [3.63, 3.8) is 0 Å². The molecule has 3 N–H and O–H groups in total. The van der Waals surface area contributed by atoms with Crippen LogP contribution in [0.4, 0.5) is 0 Å². The van der Waals surface area contributed by atoms with Crippen LogP contribution in [-0.4, -0.2) is 55.0 Å². The Labute approximate surface area is 105 Å². The summed E-state index contributed by atoms with van der Waals surface area (Å²) in [5.41, 5.74) is 5.69. The van der Waals surface area contributed by atoms with Crippen LogP contribution < -0.4 is 5.73 Å². The number of likely N-dealkylation sites (tertiary alicyclic amines) is 1. The molecule has 1 heterocycles. The minimum absolute atomic E-state index is 0.370. The van der Waals surface area contributed by atoms with Crippen LogP contribution >= 0.6 is 0 Å². The van der Waals surface area contributed by atoms with Gasteiger partial charge in [-0.1, -0.05) is 13.3 Å². The molecular weight excluding hydrogens is 216 g/mol. The van der Waals surface area contributed by atoms with Gasteiger partial charge in [-0.2, -0.15) is 0 Å². The molecule has 0 aromatic heterocycles. The summed E-state index contributed by atoms with van der Waals surface area (Å²) in [6, 6.07) is 0.536. The average molecular weight is 244 g/mol. The van der Waals surface area contributed by atoms with Gasteiger partial charge >= 0.3 is 0 Å². The van der Waals surface area contributed by atoms with E-state index >= 15 is 0 Å². The van der Waals surface area contributed by atoms with Gasteiger partial charge in [0.2, 0.25) is 0 Å². The van der Waals surface area contributed by atoms with Crippen LogP contribution in [0, 0.1) is 5.92 Å². The van der Waals surface area contributed by atoms with E-state index in [4.69, 9.17) is 10.5 Å². The molecule has 0 radical (unpaired) electrons. The number of ether oxygens (including phenoxy) is 1. The van der Waals surface area contributed by atoms with E-state index in [1.165, 1.54) is 0 Å². The number of nitrogens with two attached hydrogens (primary N) is 1. The monoisotopic (exact) mass is 244 g/mol. The zero-order valence-electron chi connectivity index (χ0n) is 11.3. The van der Waals surface area contributed by atoms with Crippen molar-refractivity contribution in [1.29, 1.82) is 0 Å². The summed E-state index contributed by atoms with van der Waals surface area (Å²) in [7, 11) is 0. The molecular formula is C13H28N2O2. The molecule has 1 rings (SSSR count). The number of aliphatic hydroxyl groups excluding tert-OH is 1. The molecule has 0 bridgehead atoms. The molecule has 0 spiro atoms. The van der Waals surface area contributed by atoms with Crippen LogP contribution in [0.3, 0.4) is 0 Å². The summed E-state index contributed by atoms with van der Waals surface area (Å²) < 4.78 is 5.43. The van der Waals surface area contributed by atoms with E-state index in [9.17, 15) is 5.11 Å². The van der Waals surface area contributed by atoms with Gasteiger partial charge in [-0.15, -0.1) is 0 Å². The molecule has 1 saturated heterocycles. The smallest absolute Gasteiger partial charge is 0.0900 e. The molecule has 4 nitrogen and oxygen atoms in total. The van der Waals surface area contributed by atoms with E-state index in [1.54, 1.807) is 0 Å². The first-order chi connectivity index (χ1) is 8.17. The van der Waals surface area contributed by atoms with Crippen LogP contribution in [0.15, 0.2) is 0 Å². The maximum Gasteiger partial charge on any atom is 0.0900 e. The normalized spacial score (nSPS) is 27.5. The number of unbranched alkanes of at least 4 members (excludes halogenated alkanes) is 1. The first kappa shape index (κ1) is 14.9. The summed E-state index contributed by atoms with van der Waals surface area (Å²) in [5, 5.41) is 9.89. The van der Waals surface area contributed by atoms with Crippen molar-refractivity contribution in [3.8, 4) is 0 Å². The second-order valence-corrected chi connectivity index (χ2v) is 5.22. The number of β-amino-alcohol motifs (C(OH)–C–C–N with tert-alkyl or cyclic N) is 1. The van der Waals surface area contributed by atoms with Gasteiger partial charge in [0.25, 0.3) is 0 Å². The van der Waals surface area contributed by atoms with Gasteiger partial charge in [0.1, 0.15) is 0 Å². The van der Waals surface area contributed by atoms with Crippen LogP contribution in [-0.2, 0) is 4.74 Å². The van der Waals surface area contributed by atoms with Crippen molar-refractivity contribution in [2.24, 2.45) is 11.7 Å². The summed E-state index contributed by atoms with van der Waals surface area (Å²) in [6.07, 6.45) is 2.99. The third kappa shape index (κ3) is 5.34. The van der Waals surface area contributed by atoms with Crippen LogP contribution in [0.25, 0.3) is 0 Å². The molecule has 102 valence electrons.